The number of hydrogen-bond acceptors (Lipinski definition) is 5. The first kappa shape index (κ1) is 19.8. The second-order valence-electron chi connectivity index (χ2n) is 6.76. The van der Waals surface area contributed by atoms with E-state index < -0.39 is 15.6 Å². The molecule has 0 saturated heterocycles. The number of aromatic nitrogens is 1. The second kappa shape index (κ2) is 7.24. The van der Waals surface area contributed by atoms with Gasteiger partial charge in [0.2, 0.25) is 10.0 Å². The number of anilines is 1. The molecule has 0 fully saturated rings. The molecule has 0 spiro atoms. The van der Waals surface area contributed by atoms with E-state index in [2.05, 4.69) is 9.71 Å². The summed E-state index contributed by atoms with van der Waals surface area (Å²) in [6.07, 6.45) is 2.77. The van der Waals surface area contributed by atoms with Crippen LogP contribution in [0.5, 0.6) is 0 Å². The van der Waals surface area contributed by atoms with E-state index in [1.807, 2.05) is 23.6 Å². The smallest absolute Gasteiger partial charge is 0.229 e. The van der Waals surface area contributed by atoms with Crippen LogP contribution in [0, 0.1) is 0 Å². The summed E-state index contributed by atoms with van der Waals surface area (Å²) in [7, 11) is -3.35. The molecule has 0 bridgehead atoms. The van der Waals surface area contributed by atoms with E-state index in [1.165, 1.54) is 11.3 Å². The van der Waals surface area contributed by atoms with Crippen molar-refractivity contribution in [2.24, 2.45) is 0 Å². The number of sulfonamides is 1. The van der Waals surface area contributed by atoms with Crippen LogP contribution >= 0.6 is 22.9 Å². The minimum atomic E-state index is -3.35. The zero-order chi connectivity index (χ0) is 19.8. The summed E-state index contributed by atoms with van der Waals surface area (Å²) >= 11 is 7.90. The second-order valence-corrected chi connectivity index (χ2v) is 9.82. The van der Waals surface area contributed by atoms with Crippen molar-refractivity contribution in [3.63, 3.8) is 0 Å². The van der Waals surface area contributed by atoms with E-state index >= 15 is 0 Å². The number of pyridine rings is 1. The van der Waals surface area contributed by atoms with Gasteiger partial charge in [0.15, 0.2) is 0 Å². The third-order valence-electron chi connectivity index (χ3n) is 3.86. The Balaban J connectivity index is 1.93. The summed E-state index contributed by atoms with van der Waals surface area (Å²) in [5.74, 6) is 0. The molecule has 0 saturated carbocycles. The van der Waals surface area contributed by atoms with Crippen molar-refractivity contribution in [1.82, 2.24) is 4.98 Å². The Kier molecular flexibility index (Phi) is 5.31. The third-order valence-corrected chi connectivity index (χ3v) is 5.74. The summed E-state index contributed by atoms with van der Waals surface area (Å²) in [4.78, 5) is 5.19. The van der Waals surface area contributed by atoms with Crippen molar-refractivity contribution in [1.29, 1.82) is 0 Å². The van der Waals surface area contributed by atoms with Gasteiger partial charge in [0.05, 0.1) is 17.0 Å². The number of nitrogens with zero attached hydrogens (tertiary/aromatic N) is 1. The Bertz CT molecular complexity index is 1090. The first-order valence-electron chi connectivity index (χ1n) is 8.08. The molecule has 3 rings (SSSR count). The van der Waals surface area contributed by atoms with Crippen molar-refractivity contribution < 1.29 is 13.5 Å². The predicted octanol–water partition coefficient (Wildman–Crippen LogP) is 4.73. The topological polar surface area (TPSA) is 79.3 Å². The highest BCUT2D eigenvalue weighted by Gasteiger charge is 2.18. The van der Waals surface area contributed by atoms with Crippen LogP contribution in [0.4, 0.5) is 5.69 Å². The van der Waals surface area contributed by atoms with Gasteiger partial charge in [0.1, 0.15) is 5.60 Å². The molecular weight excluding hydrogens is 404 g/mol. The van der Waals surface area contributed by atoms with Crippen molar-refractivity contribution in [3.8, 4) is 21.6 Å². The maximum absolute atomic E-state index is 11.4. The molecule has 0 aliphatic heterocycles. The molecule has 27 heavy (non-hydrogen) atoms. The first-order chi connectivity index (χ1) is 12.5. The standard InChI is InChI=1S/C19H19ClN2O3S2/c1-19(2,23)18-9-12(6-7-21-18)13-8-17(26-11-13)15-5-4-14(10-16(15)20)22-27(3,24)25/h4-11,22-23H,1-3H3. The Morgan fingerprint density at radius 1 is 1.15 bits per heavy atom. The molecule has 0 amide bonds. The summed E-state index contributed by atoms with van der Waals surface area (Å²) in [6.45, 7) is 3.40. The molecule has 0 radical (unpaired) electrons. The zero-order valence-corrected chi connectivity index (χ0v) is 17.4. The van der Waals surface area contributed by atoms with Gasteiger partial charge >= 0.3 is 0 Å². The molecule has 2 N–H and O–H groups in total. The van der Waals surface area contributed by atoms with E-state index in [0.29, 0.717) is 16.4 Å². The maximum Gasteiger partial charge on any atom is 0.229 e. The van der Waals surface area contributed by atoms with E-state index in [4.69, 9.17) is 11.6 Å². The van der Waals surface area contributed by atoms with Crippen molar-refractivity contribution in [2.75, 3.05) is 11.0 Å². The van der Waals surface area contributed by atoms with E-state index in [0.717, 1.165) is 27.8 Å². The first-order valence-corrected chi connectivity index (χ1v) is 11.2. The fraction of sp³-hybridized carbons (Fsp3) is 0.211. The predicted molar refractivity (Wildman–Crippen MR) is 112 cm³/mol. The number of aliphatic hydroxyl groups is 1. The third kappa shape index (κ3) is 4.87. The number of nitrogens with one attached hydrogen (secondary N) is 1. The molecule has 0 atom stereocenters. The Morgan fingerprint density at radius 2 is 1.89 bits per heavy atom. The highest BCUT2D eigenvalue weighted by molar-refractivity contribution is 7.92. The maximum atomic E-state index is 11.4. The van der Waals surface area contributed by atoms with Crippen molar-refractivity contribution in [3.05, 3.63) is 58.7 Å². The van der Waals surface area contributed by atoms with Gasteiger partial charge in [-0.3, -0.25) is 9.71 Å². The minimum Gasteiger partial charge on any atom is -0.384 e. The lowest BCUT2D eigenvalue weighted by Crippen LogP contribution is -2.17. The van der Waals surface area contributed by atoms with Crippen LogP contribution in [0.1, 0.15) is 19.5 Å². The molecule has 1 aromatic carbocycles. The number of halogens is 1. The van der Waals surface area contributed by atoms with Crippen LogP contribution in [-0.4, -0.2) is 24.8 Å². The average molecular weight is 423 g/mol. The van der Waals surface area contributed by atoms with Crippen LogP contribution in [-0.2, 0) is 15.6 Å². The van der Waals surface area contributed by atoms with Gasteiger partial charge < -0.3 is 5.11 Å². The molecule has 142 valence electrons. The van der Waals surface area contributed by atoms with Crippen molar-refractivity contribution in [2.45, 2.75) is 19.4 Å². The molecule has 8 heteroatoms. The molecule has 2 aromatic heterocycles. The van der Waals surface area contributed by atoms with E-state index in [1.54, 1.807) is 38.2 Å². The molecule has 0 unspecified atom stereocenters. The molecule has 5 nitrogen and oxygen atoms in total. The van der Waals surface area contributed by atoms with Gasteiger partial charge in [-0.2, -0.15) is 0 Å². The van der Waals surface area contributed by atoms with E-state index in [-0.39, 0.29) is 0 Å². The fourth-order valence-electron chi connectivity index (χ4n) is 2.57. The minimum absolute atomic E-state index is 0.423. The van der Waals surface area contributed by atoms with Crippen LogP contribution in [0.25, 0.3) is 21.6 Å². The molecule has 2 heterocycles. The quantitative estimate of drug-likeness (QED) is 0.623. The largest absolute Gasteiger partial charge is 0.384 e. The number of benzene rings is 1. The molecule has 3 aromatic rings. The lowest BCUT2D eigenvalue weighted by Gasteiger charge is -2.16. The number of hydrogen-bond donors (Lipinski definition) is 2. The lowest BCUT2D eigenvalue weighted by atomic mass is 10.0. The fourth-order valence-corrected chi connectivity index (χ4v) is 4.42. The van der Waals surface area contributed by atoms with Gasteiger partial charge in [-0.15, -0.1) is 11.3 Å². The van der Waals surface area contributed by atoms with Gasteiger partial charge in [-0.1, -0.05) is 11.6 Å². The summed E-state index contributed by atoms with van der Waals surface area (Å²) < 4.78 is 25.1. The van der Waals surface area contributed by atoms with Gasteiger partial charge in [0, 0.05) is 22.3 Å². The van der Waals surface area contributed by atoms with Gasteiger partial charge in [0.25, 0.3) is 0 Å². The zero-order valence-electron chi connectivity index (χ0n) is 15.0. The van der Waals surface area contributed by atoms with E-state index in [9.17, 15) is 13.5 Å². The highest BCUT2D eigenvalue weighted by Crippen LogP contribution is 2.37. The molecular formula is C19H19ClN2O3S2. The van der Waals surface area contributed by atoms with Crippen molar-refractivity contribution >= 4 is 38.6 Å². The Hall–Kier alpha value is -1.93. The molecule has 0 aliphatic rings. The summed E-state index contributed by atoms with van der Waals surface area (Å²) in [5.41, 5.74) is 2.78. The Labute approximate surface area is 167 Å². The molecule has 0 aliphatic carbocycles. The highest BCUT2D eigenvalue weighted by atomic mass is 35.5. The normalized spacial score (nSPS) is 12.2. The van der Waals surface area contributed by atoms with Gasteiger partial charge in [-0.25, -0.2) is 8.42 Å². The Morgan fingerprint density at radius 3 is 2.52 bits per heavy atom. The number of rotatable bonds is 5. The monoisotopic (exact) mass is 422 g/mol. The SMILES string of the molecule is CC(C)(O)c1cc(-c2csc(-c3ccc(NS(C)(=O)=O)cc3Cl)c2)ccn1. The van der Waals surface area contributed by atoms with Gasteiger partial charge in [-0.05, 0) is 66.8 Å². The van der Waals surface area contributed by atoms with Crippen LogP contribution in [0.15, 0.2) is 48.0 Å². The van der Waals surface area contributed by atoms with Crippen LogP contribution < -0.4 is 4.72 Å². The van der Waals surface area contributed by atoms with Crippen LogP contribution in [0.2, 0.25) is 5.02 Å². The summed E-state index contributed by atoms with van der Waals surface area (Å²) in [5, 5.41) is 12.6. The number of thiophene rings is 1. The van der Waals surface area contributed by atoms with Crippen LogP contribution in [0.3, 0.4) is 0 Å². The average Bonchev–Trinajstić information content (AvgIpc) is 3.02. The lowest BCUT2D eigenvalue weighted by molar-refractivity contribution is 0.0739. The summed E-state index contributed by atoms with van der Waals surface area (Å²) in [6, 6.07) is 10.8.